The number of hydrogen-bond donors (Lipinski definition) is 0. The predicted molar refractivity (Wildman–Crippen MR) is 74.8 cm³/mol. The van der Waals surface area contributed by atoms with Gasteiger partial charge in [-0.2, -0.15) is 0 Å². The van der Waals surface area contributed by atoms with E-state index < -0.39 is 0 Å². The molecule has 0 aromatic heterocycles. The molecule has 4 atom stereocenters. The molecule has 0 aromatic rings. The highest BCUT2D eigenvalue weighted by Gasteiger charge is 2.42. The van der Waals surface area contributed by atoms with Crippen LogP contribution in [0.1, 0.15) is 19.8 Å². The summed E-state index contributed by atoms with van der Waals surface area (Å²) in [5.41, 5.74) is 0. The standard InChI is InChI=1S/C16H25N/c1-4-6-10-17(3)11-9-16-14-8-7-13(12-14)15(16)5-2/h4-8,13-16H,2,9-12H2,1,3H3/b6-4+. The van der Waals surface area contributed by atoms with E-state index in [9.17, 15) is 0 Å². The van der Waals surface area contributed by atoms with Gasteiger partial charge < -0.3 is 4.90 Å². The maximum Gasteiger partial charge on any atom is 0.0160 e. The van der Waals surface area contributed by atoms with Crippen LogP contribution in [0, 0.1) is 23.7 Å². The van der Waals surface area contributed by atoms with Crippen molar-refractivity contribution in [3.63, 3.8) is 0 Å². The van der Waals surface area contributed by atoms with Crippen molar-refractivity contribution in [3.05, 3.63) is 37.0 Å². The summed E-state index contributed by atoms with van der Waals surface area (Å²) in [5.74, 6) is 3.21. The normalized spacial score (nSPS) is 35.2. The molecule has 1 heteroatoms. The number of nitrogens with zero attached hydrogens (tertiary/aromatic N) is 1. The SMILES string of the molecule is C=CC1C2C=CC(C2)C1CCN(C)C/C=C/C. The smallest absolute Gasteiger partial charge is 0.0160 e. The van der Waals surface area contributed by atoms with Crippen molar-refractivity contribution < 1.29 is 0 Å². The van der Waals surface area contributed by atoms with Crippen LogP contribution < -0.4 is 0 Å². The Morgan fingerprint density at radius 1 is 1.35 bits per heavy atom. The van der Waals surface area contributed by atoms with Gasteiger partial charge in [0.1, 0.15) is 0 Å². The molecule has 1 nitrogen and oxygen atoms in total. The zero-order valence-corrected chi connectivity index (χ0v) is 11.2. The minimum absolute atomic E-state index is 0.736. The molecular formula is C16H25N. The summed E-state index contributed by atoms with van der Waals surface area (Å²) in [7, 11) is 2.21. The van der Waals surface area contributed by atoms with Gasteiger partial charge in [0.15, 0.2) is 0 Å². The maximum atomic E-state index is 4.03. The minimum Gasteiger partial charge on any atom is -0.303 e. The molecule has 0 aliphatic heterocycles. The van der Waals surface area contributed by atoms with E-state index in [1.165, 1.54) is 19.4 Å². The number of allylic oxidation sites excluding steroid dienone is 4. The average molecular weight is 231 g/mol. The molecule has 0 radical (unpaired) electrons. The molecule has 1 fully saturated rings. The Balaban J connectivity index is 1.83. The Hall–Kier alpha value is -0.820. The molecule has 2 aliphatic carbocycles. The van der Waals surface area contributed by atoms with Crippen molar-refractivity contribution in [1.29, 1.82) is 0 Å². The van der Waals surface area contributed by atoms with E-state index in [4.69, 9.17) is 0 Å². The van der Waals surface area contributed by atoms with E-state index in [2.05, 4.69) is 55.8 Å². The lowest BCUT2D eigenvalue weighted by Crippen LogP contribution is -2.26. The summed E-state index contributed by atoms with van der Waals surface area (Å²) in [6.45, 7) is 8.40. The third-order valence-corrected chi connectivity index (χ3v) is 4.46. The molecule has 0 heterocycles. The topological polar surface area (TPSA) is 3.24 Å². The second-order valence-electron chi connectivity index (χ2n) is 5.55. The summed E-state index contributed by atoms with van der Waals surface area (Å²) in [4.78, 5) is 2.41. The predicted octanol–water partition coefficient (Wildman–Crippen LogP) is 3.51. The molecule has 1 saturated carbocycles. The zero-order chi connectivity index (χ0) is 12.3. The fourth-order valence-corrected chi connectivity index (χ4v) is 3.46. The van der Waals surface area contributed by atoms with Crippen LogP contribution in [0.25, 0.3) is 0 Å². The largest absolute Gasteiger partial charge is 0.303 e. The molecule has 0 spiro atoms. The summed E-state index contributed by atoms with van der Waals surface area (Å²) in [6.07, 6.45) is 14.1. The van der Waals surface area contributed by atoms with E-state index in [-0.39, 0.29) is 0 Å². The quantitative estimate of drug-likeness (QED) is 0.632. The summed E-state index contributed by atoms with van der Waals surface area (Å²) < 4.78 is 0. The van der Waals surface area contributed by atoms with Gasteiger partial charge in [-0.25, -0.2) is 0 Å². The fraction of sp³-hybridized carbons (Fsp3) is 0.625. The fourth-order valence-electron chi connectivity index (χ4n) is 3.46. The van der Waals surface area contributed by atoms with E-state index in [1.807, 2.05) is 0 Å². The third-order valence-electron chi connectivity index (χ3n) is 4.46. The molecule has 4 unspecified atom stereocenters. The highest BCUT2D eigenvalue weighted by molar-refractivity contribution is 5.16. The zero-order valence-electron chi connectivity index (χ0n) is 11.2. The van der Waals surface area contributed by atoms with Crippen molar-refractivity contribution in [1.82, 2.24) is 4.90 Å². The van der Waals surface area contributed by atoms with Gasteiger partial charge in [-0.15, -0.1) is 6.58 Å². The minimum atomic E-state index is 0.736. The van der Waals surface area contributed by atoms with Gasteiger partial charge in [0.25, 0.3) is 0 Å². The third kappa shape index (κ3) is 2.71. The monoisotopic (exact) mass is 231 g/mol. The van der Waals surface area contributed by atoms with Crippen molar-refractivity contribution in [2.75, 3.05) is 20.1 Å². The van der Waals surface area contributed by atoms with Crippen LogP contribution in [0.3, 0.4) is 0 Å². The van der Waals surface area contributed by atoms with Crippen LogP contribution in [0.2, 0.25) is 0 Å². The summed E-state index contributed by atoms with van der Waals surface area (Å²) >= 11 is 0. The molecule has 2 bridgehead atoms. The van der Waals surface area contributed by atoms with E-state index in [0.29, 0.717) is 0 Å². The van der Waals surface area contributed by atoms with Crippen LogP contribution in [0.5, 0.6) is 0 Å². The number of fused-ring (bicyclic) bond motifs is 2. The van der Waals surface area contributed by atoms with Gasteiger partial charge in [0, 0.05) is 6.54 Å². The number of rotatable bonds is 6. The van der Waals surface area contributed by atoms with E-state index >= 15 is 0 Å². The van der Waals surface area contributed by atoms with Gasteiger partial charge in [-0.1, -0.05) is 30.4 Å². The second-order valence-corrected chi connectivity index (χ2v) is 5.55. The van der Waals surface area contributed by atoms with Gasteiger partial charge >= 0.3 is 0 Å². The molecule has 2 rings (SSSR count). The number of likely N-dealkylation sites (N-methyl/N-ethyl adjacent to an activating group) is 1. The Bertz CT molecular complexity index is 315. The maximum absolute atomic E-state index is 4.03. The molecule has 0 saturated heterocycles. The van der Waals surface area contributed by atoms with Crippen LogP contribution >= 0.6 is 0 Å². The first kappa shape index (κ1) is 12.6. The number of hydrogen-bond acceptors (Lipinski definition) is 1. The van der Waals surface area contributed by atoms with Crippen LogP contribution in [0.15, 0.2) is 37.0 Å². The van der Waals surface area contributed by atoms with Crippen molar-refractivity contribution in [2.45, 2.75) is 19.8 Å². The Morgan fingerprint density at radius 2 is 2.12 bits per heavy atom. The lowest BCUT2D eigenvalue weighted by Gasteiger charge is -2.27. The molecular weight excluding hydrogens is 206 g/mol. The van der Waals surface area contributed by atoms with E-state index in [0.717, 1.165) is 30.2 Å². The first-order chi connectivity index (χ1) is 8.26. The van der Waals surface area contributed by atoms with Crippen molar-refractivity contribution >= 4 is 0 Å². The van der Waals surface area contributed by atoms with E-state index in [1.54, 1.807) is 0 Å². The van der Waals surface area contributed by atoms with Gasteiger partial charge in [0.2, 0.25) is 0 Å². The molecule has 2 aliphatic rings. The van der Waals surface area contributed by atoms with Crippen molar-refractivity contribution in [3.8, 4) is 0 Å². The van der Waals surface area contributed by atoms with Crippen LogP contribution in [-0.2, 0) is 0 Å². The molecule has 0 aromatic carbocycles. The highest BCUT2D eigenvalue weighted by atomic mass is 15.1. The van der Waals surface area contributed by atoms with Gasteiger partial charge in [-0.3, -0.25) is 0 Å². The first-order valence-electron chi connectivity index (χ1n) is 6.86. The van der Waals surface area contributed by atoms with Gasteiger partial charge in [-0.05, 0) is 57.0 Å². The highest BCUT2D eigenvalue weighted by Crippen LogP contribution is 2.49. The lowest BCUT2D eigenvalue weighted by atomic mass is 9.81. The summed E-state index contributed by atoms with van der Waals surface area (Å²) in [6, 6.07) is 0. The van der Waals surface area contributed by atoms with Crippen LogP contribution in [-0.4, -0.2) is 25.0 Å². The molecule has 17 heavy (non-hydrogen) atoms. The Kier molecular flexibility index (Phi) is 4.22. The first-order valence-corrected chi connectivity index (χ1v) is 6.86. The Morgan fingerprint density at radius 3 is 2.82 bits per heavy atom. The molecule has 0 amide bonds. The lowest BCUT2D eigenvalue weighted by molar-refractivity contribution is 0.276. The second kappa shape index (κ2) is 5.68. The van der Waals surface area contributed by atoms with Gasteiger partial charge in [0.05, 0.1) is 0 Å². The molecule has 94 valence electrons. The molecule has 0 N–H and O–H groups in total. The summed E-state index contributed by atoms with van der Waals surface area (Å²) in [5, 5.41) is 0. The van der Waals surface area contributed by atoms with Crippen molar-refractivity contribution in [2.24, 2.45) is 23.7 Å². The van der Waals surface area contributed by atoms with Crippen LogP contribution in [0.4, 0.5) is 0 Å². The average Bonchev–Trinajstić information content (AvgIpc) is 2.93. The Labute approximate surface area is 106 Å².